The van der Waals surface area contributed by atoms with E-state index in [1.54, 1.807) is 25.1 Å². The van der Waals surface area contributed by atoms with E-state index in [0.29, 0.717) is 22.6 Å². The highest BCUT2D eigenvalue weighted by Crippen LogP contribution is 2.28. The first kappa shape index (κ1) is 26.9. The van der Waals surface area contributed by atoms with Gasteiger partial charge in [0.25, 0.3) is 0 Å². The largest absolute Gasteiger partial charge is 0.507 e. The van der Waals surface area contributed by atoms with Crippen molar-refractivity contribution in [3.05, 3.63) is 67.5 Å². The van der Waals surface area contributed by atoms with E-state index in [-0.39, 0.29) is 23.7 Å². The summed E-state index contributed by atoms with van der Waals surface area (Å²) in [6, 6.07) is 4.34. The van der Waals surface area contributed by atoms with Crippen LogP contribution in [0.4, 0.5) is 18.0 Å². The number of nitrogens with one attached hydrogen (secondary N) is 1. The molecule has 11 heteroatoms. The molecule has 0 fully saturated rings. The molecule has 184 valence electrons. The molecule has 3 N–H and O–H groups in total. The molecule has 2 heterocycles. The number of Topliss-reactive ketones (excluding diaryl/α,β-unsaturated/α-hetero) is 1. The Hall–Kier alpha value is -3.34. The number of carbonyl (C=O) groups excluding carboxylic acids is 1. The van der Waals surface area contributed by atoms with E-state index in [4.69, 9.17) is 9.52 Å². The molecule has 0 aromatic carbocycles. The molecule has 0 saturated carbocycles. The van der Waals surface area contributed by atoms with Gasteiger partial charge in [0.15, 0.2) is 5.78 Å². The predicted molar refractivity (Wildman–Crippen MR) is 121 cm³/mol. The van der Waals surface area contributed by atoms with Gasteiger partial charge in [-0.1, -0.05) is 13.0 Å². The number of carboxylic acid groups (broad SMARTS) is 1. The van der Waals surface area contributed by atoms with Gasteiger partial charge in [-0.3, -0.25) is 10.1 Å². The van der Waals surface area contributed by atoms with E-state index in [1.165, 1.54) is 25.3 Å². The van der Waals surface area contributed by atoms with Crippen LogP contribution in [0.1, 0.15) is 64.9 Å². The van der Waals surface area contributed by atoms with Gasteiger partial charge in [0.2, 0.25) is 0 Å². The third-order valence-corrected chi connectivity index (χ3v) is 5.90. The maximum Gasteiger partial charge on any atom is 0.408 e. The van der Waals surface area contributed by atoms with Crippen molar-refractivity contribution >= 4 is 29.3 Å². The summed E-state index contributed by atoms with van der Waals surface area (Å²) in [5.41, 5.74) is -1.41. The third-order valence-electron chi connectivity index (χ3n) is 4.81. The number of allylic oxidation sites excluding steroid dienone is 2. The molecular formula is C23H24F3NO6S. The fourth-order valence-electron chi connectivity index (χ4n) is 3.00. The Morgan fingerprint density at radius 3 is 2.62 bits per heavy atom. The Morgan fingerprint density at radius 1 is 1.29 bits per heavy atom. The number of hydrogen-bond acceptors (Lipinski definition) is 6. The molecule has 2 aromatic rings. The average Bonchev–Trinajstić information content (AvgIpc) is 3.17. The zero-order valence-corrected chi connectivity index (χ0v) is 19.3. The second-order valence-electron chi connectivity index (χ2n) is 7.60. The summed E-state index contributed by atoms with van der Waals surface area (Å²) in [5, 5.41) is 20.9. The van der Waals surface area contributed by atoms with Crippen molar-refractivity contribution in [3.8, 4) is 5.75 Å². The van der Waals surface area contributed by atoms with E-state index >= 15 is 0 Å². The summed E-state index contributed by atoms with van der Waals surface area (Å²) in [7, 11) is 0. The summed E-state index contributed by atoms with van der Waals surface area (Å²) < 4.78 is 42.4. The number of aromatic hydroxyl groups is 1. The van der Waals surface area contributed by atoms with Gasteiger partial charge in [-0.05, 0) is 50.0 Å². The van der Waals surface area contributed by atoms with Gasteiger partial charge < -0.3 is 14.6 Å². The van der Waals surface area contributed by atoms with Crippen LogP contribution in [-0.4, -0.2) is 28.3 Å². The minimum absolute atomic E-state index is 0.115. The highest BCUT2D eigenvalue weighted by Gasteiger charge is 2.27. The van der Waals surface area contributed by atoms with Crippen LogP contribution in [0.5, 0.6) is 5.75 Å². The molecule has 0 spiro atoms. The molecule has 34 heavy (non-hydrogen) atoms. The van der Waals surface area contributed by atoms with E-state index in [2.05, 4.69) is 5.32 Å². The Labute approximate surface area is 197 Å². The van der Waals surface area contributed by atoms with Gasteiger partial charge in [-0.2, -0.15) is 13.2 Å². The van der Waals surface area contributed by atoms with Crippen molar-refractivity contribution in [2.45, 2.75) is 51.6 Å². The number of amides is 1. The number of aryl methyl sites for hydroxylation is 1. The summed E-state index contributed by atoms with van der Waals surface area (Å²) in [6.45, 7) is 3.18. The van der Waals surface area contributed by atoms with Crippen LogP contribution in [0.2, 0.25) is 0 Å². The molecule has 0 saturated heterocycles. The van der Waals surface area contributed by atoms with Crippen LogP contribution < -0.4 is 10.9 Å². The molecule has 0 aliphatic rings. The van der Waals surface area contributed by atoms with Crippen LogP contribution in [0.3, 0.4) is 0 Å². The van der Waals surface area contributed by atoms with Crippen molar-refractivity contribution in [1.82, 2.24) is 5.32 Å². The number of alkyl halides is 3. The smallest absolute Gasteiger partial charge is 0.408 e. The number of rotatable bonds is 10. The Bertz CT molecular complexity index is 1150. The van der Waals surface area contributed by atoms with Crippen molar-refractivity contribution in [2.24, 2.45) is 0 Å². The summed E-state index contributed by atoms with van der Waals surface area (Å²) in [6.07, 6.45) is -1.28. The lowest BCUT2D eigenvalue weighted by Crippen LogP contribution is -2.16. The lowest BCUT2D eigenvalue weighted by Gasteiger charge is -2.11. The molecule has 1 amide bonds. The number of hydrogen-bond donors (Lipinski definition) is 3. The fourth-order valence-corrected chi connectivity index (χ4v) is 4.02. The molecular weight excluding hydrogens is 475 g/mol. The van der Waals surface area contributed by atoms with E-state index < -0.39 is 41.4 Å². The maximum atomic E-state index is 12.7. The first-order valence-corrected chi connectivity index (χ1v) is 11.1. The Morgan fingerprint density at radius 2 is 2.00 bits per heavy atom. The van der Waals surface area contributed by atoms with Crippen molar-refractivity contribution in [1.29, 1.82) is 0 Å². The van der Waals surface area contributed by atoms with Gasteiger partial charge in [-0.25, -0.2) is 9.59 Å². The summed E-state index contributed by atoms with van der Waals surface area (Å²) >= 11 is 1.11. The number of carbonyl (C=O) groups is 2. The SMILES string of the molecule is CC(=Cc1ccc(CCC(F)(F)F)s1)C(=O)c1c(O)cc(C(C)CCC=CNC(=O)O)oc1=O. The topological polar surface area (TPSA) is 117 Å². The van der Waals surface area contributed by atoms with Gasteiger partial charge in [-0.15, -0.1) is 11.3 Å². The minimum Gasteiger partial charge on any atom is -0.507 e. The van der Waals surface area contributed by atoms with Crippen LogP contribution in [0, 0.1) is 0 Å². The molecule has 0 bridgehead atoms. The molecule has 1 atom stereocenters. The van der Waals surface area contributed by atoms with Crippen molar-refractivity contribution in [3.63, 3.8) is 0 Å². The van der Waals surface area contributed by atoms with E-state index in [1.807, 2.05) is 0 Å². The molecule has 7 nitrogen and oxygen atoms in total. The van der Waals surface area contributed by atoms with Gasteiger partial charge in [0.05, 0.1) is 0 Å². The highest BCUT2D eigenvalue weighted by molar-refractivity contribution is 7.12. The van der Waals surface area contributed by atoms with Crippen LogP contribution >= 0.6 is 11.3 Å². The minimum atomic E-state index is -4.25. The normalized spacial score (nSPS) is 13.3. The Kier molecular flexibility index (Phi) is 9.25. The number of ketones is 1. The average molecular weight is 500 g/mol. The van der Waals surface area contributed by atoms with Crippen molar-refractivity contribution < 1.29 is 37.4 Å². The number of thiophene rings is 1. The van der Waals surface area contributed by atoms with Crippen LogP contribution in [0.15, 0.2) is 45.3 Å². The standard InChI is InChI=1S/C23H24F3NO6S/c1-13(5-3-4-10-27-22(31)32)18-12-17(28)19(21(30)33-18)20(29)14(2)11-16-7-6-15(34-16)8-9-23(24,25)26/h4,6-7,10-13,27-28H,3,5,8-9H2,1-2H3,(H,31,32). The van der Waals surface area contributed by atoms with Gasteiger partial charge >= 0.3 is 17.9 Å². The molecule has 0 radical (unpaired) electrons. The zero-order chi connectivity index (χ0) is 25.5. The summed E-state index contributed by atoms with van der Waals surface area (Å²) in [4.78, 5) is 36.6. The van der Waals surface area contributed by atoms with Gasteiger partial charge in [0.1, 0.15) is 17.1 Å². The Balaban J connectivity index is 2.11. The highest BCUT2D eigenvalue weighted by atomic mass is 32.1. The van der Waals surface area contributed by atoms with Crippen LogP contribution in [-0.2, 0) is 6.42 Å². The first-order chi connectivity index (χ1) is 15.9. The summed E-state index contributed by atoms with van der Waals surface area (Å²) in [5.74, 6) is -1.41. The van der Waals surface area contributed by atoms with E-state index in [0.717, 1.165) is 11.3 Å². The van der Waals surface area contributed by atoms with Crippen LogP contribution in [0.25, 0.3) is 6.08 Å². The molecule has 0 aliphatic carbocycles. The molecule has 0 aliphatic heterocycles. The quantitative estimate of drug-likeness (QED) is 0.279. The zero-order valence-electron chi connectivity index (χ0n) is 18.4. The monoisotopic (exact) mass is 499 g/mol. The van der Waals surface area contributed by atoms with E-state index in [9.17, 15) is 32.7 Å². The lowest BCUT2D eigenvalue weighted by molar-refractivity contribution is -0.133. The van der Waals surface area contributed by atoms with Gasteiger partial charge in [0, 0.05) is 34.4 Å². The maximum absolute atomic E-state index is 12.7. The lowest BCUT2D eigenvalue weighted by atomic mass is 10.00. The second-order valence-corrected chi connectivity index (χ2v) is 8.80. The molecule has 2 rings (SSSR count). The predicted octanol–water partition coefficient (Wildman–Crippen LogP) is 5.85. The molecule has 1 unspecified atom stereocenters. The fraction of sp³-hybridized carbons (Fsp3) is 0.348. The number of halogens is 3. The van der Waals surface area contributed by atoms with Crippen molar-refractivity contribution in [2.75, 3.05) is 0 Å². The first-order valence-electron chi connectivity index (χ1n) is 10.3. The third kappa shape index (κ3) is 8.22. The second kappa shape index (κ2) is 11.7. The molecule has 2 aromatic heterocycles.